The molecule has 3 aromatic carbocycles. The summed E-state index contributed by atoms with van der Waals surface area (Å²) in [4.78, 5) is 15.7. The monoisotopic (exact) mass is 571 g/mol. The van der Waals surface area contributed by atoms with Gasteiger partial charge in [0.1, 0.15) is 5.92 Å². The van der Waals surface area contributed by atoms with Gasteiger partial charge in [-0.25, -0.2) is 0 Å². The zero-order chi connectivity index (χ0) is 24.7. The van der Waals surface area contributed by atoms with Crippen molar-refractivity contribution in [3.63, 3.8) is 0 Å². The molecular weight excluding hydrogens is 550 g/mol. The van der Waals surface area contributed by atoms with Crippen LogP contribution in [0.25, 0.3) is 0 Å². The third kappa shape index (κ3) is 4.24. The van der Waals surface area contributed by atoms with E-state index in [2.05, 4.69) is 26.6 Å². The predicted molar refractivity (Wildman–Crippen MR) is 145 cm³/mol. The van der Waals surface area contributed by atoms with Crippen LogP contribution in [0.1, 0.15) is 25.5 Å². The fourth-order valence-corrected chi connectivity index (χ4v) is 5.58. The summed E-state index contributed by atoms with van der Waals surface area (Å²) in [6.45, 7) is 4.31. The Morgan fingerprint density at radius 3 is 2.60 bits per heavy atom. The molecule has 5 rings (SSSR count). The number of carbonyl (C=O) groups excluding carboxylic acids is 1. The highest BCUT2D eigenvalue weighted by Crippen LogP contribution is 2.52. The molecular formula is C26H23BrClN3O3S. The number of carbonyl (C=O) groups is 1. The number of ether oxygens (including phenoxy) is 2. The SMILES string of the molecule is CCOc1cccc2c1OC1(C)C(C(=O)Nc3ccc(Cl)cc3)C2NC(=S)N1c1ccc(Br)cc1. The van der Waals surface area contributed by atoms with Gasteiger partial charge in [0.25, 0.3) is 0 Å². The van der Waals surface area contributed by atoms with Crippen molar-refractivity contribution >= 4 is 62.1 Å². The molecule has 2 N–H and O–H groups in total. The van der Waals surface area contributed by atoms with E-state index in [9.17, 15) is 4.79 Å². The van der Waals surface area contributed by atoms with Gasteiger partial charge in [0.2, 0.25) is 5.91 Å². The van der Waals surface area contributed by atoms with Crippen molar-refractivity contribution in [2.75, 3.05) is 16.8 Å². The number of hydrogen-bond donors (Lipinski definition) is 2. The van der Waals surface area contributed by atoms with E-state index >= 15 is 0 Å². The first-order valence-electron chi connectivity index (χ1n) is 11.2. The average molecular weight is 573 g/mol. The number of nitrogens with one attached hydrogen (secondary N) is 2. The van der Waals surface area contributed by atoms with Crippen molar-refractivity contribution in [2.24, 2.45) is 5.92 Å². The fraction of sp³-hybridized carbons (Fsp3) is 0.231. The number of rotatable bonds is 5. The third-order valence-corrected chi connectivity index (χ3v) is 7.35. The normalized spacial score (nSPS) is 22.5. The van der Waals surface area contributed by atoms with Gasteiger partial charge >= 0.3 is 0 Å². The summed E-state index contributed by atoms with van der Waals surface area (Å²) in [7, 11) is 0. The molecule has 2 aliphatic heterocycles. The minimum Gasteiger partial charge on any atom is -0.490 e. The second kappa shape index (κ2) is 9.33. The molecule has 3 aromatic rings. The summed E-state index contributed by atoms with van der Waals surface area (Å²) in [6, 6.07) is 20.0. The summed E-state index contributed by atoms with van der Waals surface area (Å²) < 4.78 is 13.5. The number of amides is 1. The van der Waals surface area contributed by atoms with Crippen LogP contribution in [0.4, 0.5) is 11.4 Å². The minimum absolute atomic E-state index is 0.204. The summed E-state index contributed by atoms with van der Waals surface area (Å²) in [5.41, 5.74) is 1.13. The molecule has 3 atom stereocenters. The zero-order valence-electron chi connectivity index (χ0n) is 19.0. The van der Waals surface area contributed by atoms with E-state index in [-0.39, 0.29) is 5.91 Å². The molecule has 180 valence electrons. The van der Waals surface area contributed by atoms with E-state index < -0.39 is 17.7 Å². The standard InChI is InChI=1S/C26H23BrClN3O3S/c1-3-33-20-6-4-5-19-22-21(24(32)29-17-11-9-16(28)10-12-17)26(2,34-23(19)20)31(25(35)30-22)18-13-7-15(27)8-14-18/h4-14,21-22H,3H2,1-2H3,(H,29,32)(H,30,35). The zero-order valence-corrected chi connectivity index (χ0v) is 22.2. The number of nitrogens with zero attached hydrogens (tertiary/aromatic N) is 1. The van der Waals surface area contributed by atoms with E-state index in [1.165, 1.54) is 0 Å². The fourth-order valence-electron chi connectivity index (χ4n) is 4.77. The number of thiocarbonyl (C=S) groups is 1. The highest BCUT2D eigenvalue weighted by molar-refractivity contribution is 9.10. The van der Waals surface area contributed by atoms with Crippen LogP contribution in [0.5, 0.6) is 11.5 Å². The smallest absolute Gasteiger partial charge is 0.236 e. The molecule has 2 aliphatic rings. The molecule has 35 heavy (non-hydrogen) atoms. The van der Waals surface area contributed by atoms with Crippen LogP contribution in [-0.2, 0) is 4.79 Å². The maximum Gasteiger partial charge on any atom is 0.236 e. The number of para-hydroxylation sites is 1. The van der Waals surface area contributed by atoms with Gasteiger partial charge in [-0.2, -0.15) is 0 Å². The largest absolute Gasteiger partial charge is 0.490 e. The van der Waals surface area contributed by atoms with Crippen LogP contribution in [0.2, 0.25) is 5.02 Å². The number of fused-ring (bicyclic) bond motifs is 4. The molecule has 1 amide bonds. The molecule has 3 unspecified atom stereocenters. The van der Waals surface area contributed by atoms with Gasteiger partial charge < -0.3 is 20.1 Å². The van der Waals surface area contributed by atoms with Crippen LogP contribution in [-0.4, -0.2) is 23.4 Å². The molecule has 1 saturated heterocycles. The lowest BCUT2D eigenvalue weighted by atomic mass is 9.78. The molecule has 0 saturated carbocycles. The Labute approximate surface area is 222 Å². The number of halogens is 2. The van der Waals surface area contributed by atoms with Crippen molar-refractivity contribution in [2.45, 2.75) is 25.6 Å². The predicted octanol–water partition coefficient (Wildman–Crippen LogP) is 6.30. The van der Waals surface area contributed by atoms with Gasteiger partial charge in [0.15, 0.2) is 22.3 Å². The lowest BCUT2D eigenvalue weighted by Crippen LogP contribution is -2.72. The summed E-state index contributed by atoms with van der Waals surface area (Å²) in [6.07, 6.45) is 0. The van der Waals surface area contributed by atoms with E-state index in [0.29, 0.717) is 33.9 Å². The van der Waals surface area contributed by atoms with Crippen LogP contribution < -0.4 is 25.0 Å². The Kier molecular flexibility index (Phi) is 6.38. The molecule has 2 bridgehead atoms. The third-order valence-electron chi connectivity index (χ3n) is 6.27. The summed E-state index contributed by atoms with van der Waals surface area (Å²) >= 11 is 15.3. The highest BCUT2D eigenvalue weighted by Gasteiger charge is 2.59. The Hall–Kier alpha value is -2.81. The number of benzene rings is 3. The maximum absolute atomic E-state index is 13.9. The lowest BCUT2D eigenvalue weighted by molar-refractivity contribution is -0.130. The van der Waals surface area contributed by atoms with Crippen molar-refractivity contribution in [1.29, 1.82) is 0 Å². The quantitative estimate of drug-likeness (QED) is 0.350. The van der Waals surface area contributed by atoms with Crippen LogP contribution in [0.3, 0.4) is 0 Å². The second-order valence-corrected chi connectivity index (χ2v) is 10.2. The topological polar surface area (TPSA) is 62.8 Å². The van der Waals surface area contributed by atoms with Gasteiger partial charge in [-0.1, -0.05) is 39.7 Å². The Bertz CT molecular complexity index is 1290. The average Bonchev–Trinajstić information content (AvgIpc) is 2.82. The Balaban J connectivity index is 1.63. The maximum atomic E-state index is 13.9. The molecule has 0 aliphatic carbocycles. The number of hydrogen-bond acceptors (Lipinski definition) is 4. The minimum atomic E-state index is -1.14. The van der Waals surface area contributed by atoms with Gasteiger partial charge in [0, 0.05) is 26.4 Å². The van der Waals surface area contributed by atoms with Crippen LogP contribution >= 0.6 is 39.7 Å². The van der Waals surface area contributed by atoms with Gasteiger partial charge in [0.05, 0.1) is 12.6 Å². The van der Waals surface area contributed by atoms with Crippen molar-refractivity contribution < 1.29 is 14.3 Å². The first-order chi connectivity index (χ1) is 16.8. The molecule has 0 radical (unpaired) electrons. The van der Waals surface area contributed by atoms with Gasteiger partial charge in [-0.3, -0.25) is 9.69 Å². The second-order valence-electron chi connectivity index (χ2n) is 8.48. The van der Waals surface area contributed by atoms with Crippen LogP contribution in [0.15, 0.2) is 71.2 Å². The van der Waals surface area contributed by atoms with Gasteiger partial charge in [-0.15, -0.1) is 0 Å². The summed E-state index contributed by atoms with van der Waals surface area (Å²) in [5.74, 6) is 0.375. The van der Waals surface area contributed by atoms with Crippen molar-refractivity contribution in [3.05, 3.63) is 81.8 Å². The molecule has 6 nitrogen and oxygen atoms in total. The molecule has 9 heteroatoms. The Morgan fingerprint density at radius 2 is 1.91 bits per heavy atom. The molecule has 0 aromatic heterocycles. The van der Waals surface area contributed by atoms with Crippen molar-refractivity contribution in [1.82, 2.24) is 5.32 Å². The highest BCUT2D eigenvalue weighted by atomic mass is 79.9. The van der Waals surface area contributed by atoms with Crippen LogP contribution in [0, 0.1) is 5.92 Å². The summed E-state index contributed by atoms with van der Waals surface area (Å²) in [5, 5.41) is 7.52. The molecule has 0 spiro atoms. The van der Waals surface area contributed by atoms with E-state index in [0.717, 1.165) is 15.7 Å². The van der Waals surface area contributed by atoms with E-state index in [1.54, 1.807) is 24.3 Å². The molecule has 1 fully saturated rings. The van der Waals surface area contributed by atoms with E-state index in [1.807, 2.05) is 61.2 Å². The van der Waals surface area contributed by atoms with E-state index in [4.69, 9.17) is 33.3 Å². The number of anilines is 2. The first-order valence-corrected chi connectivity index (χ1v) is 12.8. The lowest BCUT2D eigenvalue weighted by Gasteiger charge is -2.56. The van der Waals surface area contributed by atoms with Gasteiger partial charge in [-0.05, 0) is 80.7 Å². The van der Waals surface area contributed by atoms with Crippen molar-refractivity contribution in [3.8, 4) is 11.5 Å². The first kappa shape index (κ1) is 23.9. The Morgan fingerprint density at radius 1 is 1.20 bits per heavy atom. The molecule has 2 heterocycles.